The molecule has 0 unspecified atom stereocenters. The van der Waals surface area contributed by atoms with Crippen molar-refractivity contribution in [3.63, 3.8) is 0 Å². The Morgan fingerprint density at radius 2 is 0.885 bits per heavy atom. The van der Waals surface area contributed by atoms with Crippen LogP contribution in [0.3, 0.4) is 0 Å². The Labute approximate surface area is 303 Å². The van der Waals surface area contributed by atoms with Crippen LogP contribution < -0.4 is 4.90 Å². The lowest BCUT2D eigenvalue weighted by atomic mass is 9.74. The molecule has 0 bridgehead atoms. The van der Waals surface area contributed by atoms with Crippen LogP contribution in [0, 0.1) is 0 Å². The third-order valence-electron chi connectivity index (χ3n) is 10.9. The fraction of sp³-hybridized carbons (Fsp3) is 0.0400. The maximum atomic E-state index is 7.21. The van der Waals surface area contributed by atoms with Crippen LogP contribution in [0.4, 0.5) is 17.1 Å². The molecule has 1 aliphatic rings. The smallest absolute Gasteiger partial charge is 0.159 e. The second-order valence-corrected chi connectivity index (χ2v) is 13.8. The first-order valence-electron chi connectivity index (χ1n) is 17.9. The largest absolute Gasteiger partial charge is 0.454 e. The highest BCUT2D eigenvalue weighted by molar-refractivity contribution is 6.11. The molecule has 8 aromatic carbocycles. The van der Waals surface area contributed by atoms with Crippen molar-refractivity contribution in [3.05, 3.63) is 211 Å². The second-order valence-electron chi connectivity index (χ2n) is 13.8. The summed E-state index contributed by atoms with van der Waals surface area (Å²) in [5.41, 5.74) is 15.6. The Hall–Kier alpha value is -6.64. The van der Waals surface area contributed by atoms with Gasteiger partial charge in [0.2, 0.25) is 0 Å². The van der Waals surface area contributed by atoms with Crippen molar-refractivity contribution in [3.8, 4) is 33.4 Å². The summed E-state index contributed by atoms with van der Waals surface area (Å²) in [7, 11) is 0. The van der Waals surface area contributed by atoms with E-state index in [0.717, 1.165) is 44.6 Å². The van der Waals surface area contributed by atoms with Gasteiger partial charge in [-0.05, 0) is 81.8 Å². The first-order valence-corrected chi connectivity index (χ1v) is 17.9. The Bertz CT molecular complexity index is 2700. The van der Waals surface area contributed by atoms with Crippen LogP contribution in [0.1, 0.15) is 23.6 Å². The zero-order valence-corrected chi connectivity index (χ0v) is 28.8. The Morgan fingerprint density at radius 3 is 1.56 bits per heavy atom. The van der Waals surface area contributed by atoms with Crippen molar-refractivity contribution < 1.29 is 4.42 Å². The van der Waals surface area contributed by atoms with Gasteiger partial charge in [0.1, 0.15) is 5.58 Å². The quantitative estimate of drug-likeness (QED) is 0.176. The molecule has 1 aromatic heterocycles. The van der Waals surface area contributed by atoms with Gasteiger partial charge in [-0.1, -0.05) is 164 Å². The molecule has 246 valence electrons. The van der Waals surface area contributed by atoms with E-state index in [1.807, 2.05) is 0 Å². The van der Waals surface area contributed by atoms with Gasteiger partial charge in [0.25, 0.3) is 0 Å². The van der Waals surface area contributed by atoms with Crippen LogP contribution in [0.5, 0.6) is 0 Å². The molecule has 9 aromatic rings. The number of furan rings is 1. The molecule has 0 fully saturated rings. The minimum Gasteiger partial charge on any atom is -0.454 e. The van der Waals surface area contributed by atoms with Gasteiger partial charge in [-0.3, -0.25) is 0 Å². The van der Waals surface area contributed by atoms with Gasteiger partial charge in [-0.15, -0.1) is 0 Å². The van der Waals surface area contributed by atoms with Crippen LogP contribution in [0.25, 0.3) is 55.3 Å². The van der Waals surface area contributed by atoms with Gasteiger partial charge in [-0.2, -0.15) is 0 Å². The lowest BCUT2D eigenvalue weighted by Gasteiger charge is -2.28. The minimum absolute atomic E-state index is 0.377. The number of anilines is 3. The zero-order valence-electron chi connectivity index (χ0n) is 28.8. The van der Waals surface area contributed by atoms with Crippen LogP contribution in [0.2, 0.25) is 0 Å². The summed E-state index contributed by atoms with van der Waals surface area (Å²) in [6.45, 7) is 2.36. The number of hydrogen-bond donors (Lipinski definition) is 0. The topological polar surface area (TPSA) is 16.4 Å². The molecule has 0 amide bonds. The highest BCUT2D eigenvalue weighted by Crippen LogP contribution is 2.54. The summed E-state index contributed by atoms with van der Waals surface area (Å²) in [6, 6.07) is 69.7. The van der Waals surface area contributed by atoms with Gasteiger partial charge < -0.3 is 9.32 Å². The van der Waals surface area contributed by atoms with Gasteiger partial charge in [-0.25, -0.2) is 0 Å². The molecule has 0 spiro atoms. The number of nitrogens with zero attached hydrogens (tertiary/aromatic N) is 1. The summed E-state index contributed by atoms with van der Waals surface area (Å²) in [5, 5.41) is 2.22. The van der Waals surface area contributed by atoms with Crippen LogP contribution in [0.15, 0.2) is 199 Å². The molecule has 52 heavy (non-hydrogen) atoms. The van der Waals surface area contributed by atoms with Crippen LogP contribution in [-0.4, -0.2) is 0 Å². The number of hydrogen-bond acceptors (Lipinski definition) is 2. The van der Waals surface area contributed by atoms with E-state index >= 15 is 0 Å². The van der Waals surface area contributed by atoms with E-state index in [1.165, 1.54) is 44.5 Å². The van der Waals surface area contributed by atoms with Gasteiger partial charge >= 0.3 is 0 Å². The van der Waals surface area contributed by atoms with E-state index in [4.69, 9.17) is 4.42 Å². The summed E-state index contributed by atoms with van der Waals surface area (Å²) in [5.74, 6) is 0. The van der Waals surface area contributed by atoms with E-state index in [-0.39, 0.29) is 5.41 Å². The Balaban J connectivity index is 1.19. The minimum atomic E-state index is -0.377. The lowest BCUT2D eigenvalue weighted by molar-refractivity contribution is 0.638. The standard InChI is InChI=1S/C50H35NO/c1-50(44-25-10-8-21-40(44)41-22-9-11-26-45(41)50)46-27-13-23-42-43-24-14-28-47(49(43)52-48(42)46)51(38-31-29-36(30-32-38)34-15-4-2-5-16-34)39-20-12-19-37(33-39)35-17-6-3-7-18-35/h2-33H,1H3. The van der Waals surface area contributed by atoms with E-state index in [9.17, 15) is 0 Å². The SMILES string of the molecule is CC1(c2cccc3c2oc2c(N(c4ccc(-c5ccccc5)cc4)c4cccc(-c5ccccc5)c4)cccc23)c2ccccc2-c2ccccc21. The normalized spacial score (nSPS) is 12.9. The maximum Gasteiger partial charge on any atom is 0.159 e. The molecule has 2 heteroatoms. The van der Waals surface area contributed by atoms with E-state index in [1.54, 1.807) is 0 Å². The van der Waals surface area contributed by atoms with Gasteiger partial charge in [0, 0.05) is 33.1 Å². The van der Waals surface area contributed by atoms with E-state index in [2.05, 4.69) is 206 Å². The first kappa shape index (κ1) is 30.2. The molecule has 1 heterocycles. The third-order valence-corrected chi connectivity index (χ3v) is 10.9. The highest BCUT2D eigenvalue weighted by atomic mass is 16.3. The first-order chi connectivity index (χ1) is 25.7. The summed E-state index contributed by atoms with van der Waals surface area (Å²) < 4.78 is 7.21. The predicted molar refractivity (Wildman–Crippen MR) is 217 cm³/mol. The molecule has 1 aliphatic carbocycles. The lowest BCUT2D eigenvalue weighted by Crippen LogP contribution is -2.22. The van der Waals surface area contributed by atoms with Crippen LogP contribution >= 0.6 is 0 Å². The number of fused-ring (bicyclic) bond motifs is 6. The average molecular weight is 666 g/mol. The Kier molecular flexibility index (Phi) is 6.97. The van der Waals surface area contributed by atoms with Crippen molar-refractivity contribution in [1.82, 2.24) is 0 Å². The van der Waals surface area contributed by atoms with Crippen molar-refractivity contribution in [1.29, 1.82) is 0 Å². The molecule has 10 rings (SSSR count). The molecule has 2 nitrogen and oxygen atoms in total. The van der Waals surface area contributed by atoms with Crippen molar-refractivity contribution in [2.45, 2.75) is 12.3 Å². The third kappa shape index (κ3) is 4.65. The highest BCUT2D eigenvalue weighted by Gasteiger charge is 2.42. The summed E-state index contributed by atoms with van der Waals surface area (Å²) >= 11 is 0. The number of benzene rings is 8. The van der Waals surface area contributed by atoms with Crippen LogP contribution in [-0.2, 0) is 5.41 Å². The molecule has 0 atom stereocenters. The average Bonchev–Trinajstić information content (AvgIpc) is 3.73. The molecule has 0 aliphatic heterocycles. The molecular weight excluding hydrogens is 631 g/mol. The van der Waals surface area contributed by atoms with Crippen molar-refractivity contribution >= 4 is 39.0 Å². The van der Waals surface area contributed by atoms with Gasteiger partial charge in [0.15, 0.2) is 5.58 Å². The van der Waals surface area contributed by atoms with E-state index in [0.29, 0.717) is 0 Å². The Morgan fingerprint density at radius 1 is 0.385 bits per heavy atom. The van der Waals surface area contributed by atoms with E-state index < -0.39 is 0 Å². The molecule has 0 saturated heterocycles. The van der Waals surface area contributed by atoms with Crippen molar-refractivity contribution in [2.24, 2.45) is 0 Å². The number of rotatable bonds is 6. The molecule has 0 saturated carbocycles. The summed E-state index contributed by atoms with van der Waals surface area (Å²) in [4.78, 5) is 2.34. The molecule has 0 radical (unpaired) electrons. The number of para-hydroxylation sites is 2. The fourth-order valence-corrected chi connectivity index (χ4v) is 8.43. The van der Waals surface area contributed by atoms with Crippen molar-refractivity contribution in [2.75, 3.05) is 4.90 Å². The van der Waals surface area contributed by atoms with Gasteiger partial charge in [0.05, 0.1) is 5.69 Å². The summed E-state index contributed by atoms with van der Waals surface area (Å²) in [6.07, 6.45) is 0. The monoisotopic (exact) mass is 665 g/mol. The predicted octanol–water partition coefficient (Wildman–Crippen LogP) is 13.7. The zero-order chi connectivity index (χ0) is 34.6. The maximum absolute atomic E-state index is 7.21. The second kappa shape index (κ2) is 12.0. The molecular formula is C50H35NO. The fourth-order valence-electron chi connectivity index (χ4n) is 8.43. The molecule has 0 N–H and O–H groups in total.